The standard InChI is InChI=1S/C10H16O2.C10H18O.Al.Li.4H/c1-7(2)5-6-9(8(3)4)10(11)12;1-8(2)5-6-10(7-11)9(3)4;;;;;;/h5,9H,3,6H2,1-2,4H3,(H,11,12);5,10-11H,3,6-7H2,1-2,4H3;;;;;;/q;;;+1;;;;-1. The van der Waals surface area contributed by atoms with E-state index >= 15 is 0 Å². The topological polar surface area (TPSA) is 57.5 Å². The number of hydrogen-bond donors (Lipinski definition) is 2. The molecule has 25 heavy (non-hydrogen) atoms. The predicted molar refractivity (Wildman–Crippen MR) is 110 cm³/mol. The molecule has 0 aromatic carbocycles. The van der Waals surface area contributed by atoms with Crippen LogP contribution < -0.4 is 18.9 Å². The summed E-state index contributed by atoms with van der Waals surface area (Å²) >= 11 is 0. The summed E-state index contributed by atoms with van der Waals surface area (Å²) in [5, 5.41) is 17.7. The van der Waals surface area contributed by atoms with Gasteiger partial charge in [-0.2, -0.15) is 0 Å². The molecule has 0 aromatic rings. The van der Waals surface area contributed by atoms with E-state index in [2.05, 4.69) is 33.1 Å². The zero-order valence-corrected chi connectivity index (χ0v) is 16.6. The number of carbonyl (C=O) groups is 1. The van der Waals surface area contributed by atoms with Crippen LogP contribution in [0.2, 0.25) is 0 Å². The van der Waals surface area contributed by atoms with E-state index in [1.807, 2.05) is 26.8 Å². The van der Waals surface area contributed by atoms with Crippen molar-refractivity contribution in [2.75, 3.05) is 6.61 Å². The quantitative estimate of drug-likeness (QED) is 0.503. The maximum Gasteiger partial charge on any atom is 1.00 e. The summed E-state index contributed by atoms with van der Waals surface area (Å²) in [6, 6.07) is 0. The van der Waals surface area contributed by atoms with Gasteiger partial charge in [0.2, 0.25) is 0 Å². The van der Waals surface area contributed by atoms with E-state index in [4.69, 9.17) is 10.2 Å². The van der Waals surface area contributed by atoms with Gasteiger partial charge in [0.1, 0.15) is 0 Å². The van der Waals surface area contributed by atoms with Gasteiger partial charge in [-0.15, -0.1) is 0 Å². The Morgan fingerprint density at radius 3 is 1.60 bits per heavy atom. The van der Waals surface area contributed by atoms with Crippen LogP contribution >= 0.6 is 0 Å². The minimum atomic E-state index is -0.792. The zero-order chi connectivity index (χ0) is 18.6. The Bertz CT molecular complexity index is 452. The van der Waals surface area contributed by atoms with E-state index in [1.54, 1.807) is 6.92 Å². The minimum Gasteiger partial charge on any atom is -1.00 e. The third kappa shape index (κ3) is 19.7. The molecule has 0 rings (SSSR count). The molecule has 0 bridgehead atoms. The van der Waals surface area contributed by atoms with Crippen molar-refractivity contribution in [2.24, 2.45) is 11.8 Å². The summed E-state index contributed by atoms with van der Waals surface area (Å²) in [5.41, 5.74) is 4.21. The van der Waals surface area contributed by atoms with E-state index < -0.39 is 11.9 Å². The van der Waals surface area contributed by atoms with Gasteiger partial charge in [-0.05, 0) is 54.4 Å². The first-order chi connectivity index (χ1) is 10.5. The van der Waals surface area contributed by atoms with Crippen molar-refractivity contribution >= 4 is 23.3 Å². The van der Waals surface area contributed by atoms with Crippen molar-refractivity contribution in [3.8, 4) is 0 Å². The van der Waals surface area contributed by atoms with Gasteiger partial charge in [0.15, 0.2) is 17.4 Å². The molecule has 0 saturated heterocycles. The summed E-state index contributed by atoms with van der Waals surface area (Å²) in [6.45, 7) is 19.4. The van der Waals surface area contributed by atoms with Crippen molar-refractivity contribution in [3.63, 3.8) is 0 Å². The first-order valence-corrected chi connectivity index (χ1v) is 7.94. The molecule has 0 saturated carbocycles. The summed E-state index contributed by atoms with van der Waals surface area (Å²) in [6.07, 6.45) is 5.52. The Morgan fingerprint density at radius 2 is 1.36 bits per heavy atom. The molecule has 0 spiro atoms. The third-order valence-electron chi connectivity index (χ3n) is 3.38. The number of aliphatic carboxylic acids is 1. The van der Waals surface area contributed by atoms with Crippen LogP contribution in [0.5, 0.6) is 0 Å². The smallest absolute Gasteiger partial charge is 1.00 e. The van der Waals surface area contributed by atoms with Gasteiger partial charge in [0, 0.05) is 12.5 Å². The van der Waals surface area contributed by atoms with Crippen LogP contribution in [-0.2, 0) is 4.79 Å². The molecule has 5 heteroatoms. The first-order valence-electron chi connectivity index (χ1n) is 7.94. The number of allylic oxidation sites excluding steroid dienone is 4. The molecule has 0 heterocycles. The predicted octanol–water partition coefficient (Wildman–Crippen LogP) is 1.08. The Morgan fingerprint density at radius 1 is 0.960 bits per heavy atom. The number of hydrogen-bond acceptors (Lipinski definition) is 2. The second-order valence-corrected chi connectivity index (χ2v) is 6.50. The van der Waals surface area contributed by atoms with E-state index in [9.17, 15) is 4.79 Å². The molecule has 2 unspecified atom stereocenters. The zero-order valence-electron chi connectivity index (χ0n) is 17.6. The number of aliphatic hydroxyl groups excluding tert-OH is 1. The van der Waals surface area contributed by atoms with Crippen LogP contribution in [0.1, 0.15) is 55.8 Å². The van der Waals surface area contributed by atoms with E-state index in [0.29, 0.717) is 12.0 Å². The molecule has 2 atom stereocenters. The second kappa shape index (κ2) is 18.3. The molecule has 0 aliphatic carbocycles. The van der Waals surface area contributed by atoms with Gasteiger partial charge in [-0.3, -0.25) is 4.79 Å². The molecule has 140 valence electrons. The normalized spacial score (nSPS) is 11.2. The fourth-order valence-corrected chi connectivity index (χ4v) is 1.68. The number of rotatable bonds is 8. The van der Waals surface area contributed by atoms with Crippen LogP contribution in [0.15, 0.2) is 47.6 Å². The van der Waals surface area contributed by atoms with Crippen molar-refractivity contribution in [1.29, 1.82) is 0 Å². The SMILES string of the molecule is C=C(C)C(CC=C(C)C)C(=O)O.C=C(C)C(CO)CC=C(C)C.[AlH3].[H-].[Li+]. The van der Waals surface area contributed by atoms with Crippen molar-refractivity contribution in [1.82, 2.24) is 0 Å². The average Bonchev–Trinajstić information content (AvgIpc) is 2.38. The van der Waals surface area contributed by atoms with E-state index in [0.717, 1.165) is 17.6 Å². The summed E-state index contributed by atoms with van der Waals surface area (Å²) in [5.74, 6) is -0.982. The van der Waals surface area contributed by atoms with Gasteiger partial charge < -0.3 is 11.6 Å². The van der Waals surface area contributed by atoms with Gasteiger partial charge >= 0.3 is 24.8 Å². The second-order valence-electron chi connectivity index (χ2n) is 6.50. The van der Waals surface area contributed by atoms with Crippen molar-refractivity contribution in [3.05, 3.63) is 47.6 Å². The van der Waals surface area contributed by atoms with Crippen molar-refractivity contribution < 1.29 is 35.3 Å². The Labute approximate surface area is 178 Å². The Balaban J connectivity index is -0.000000102. The summed E-state index contributed by atoms with van der Waals surface area (Å²) < 4.78 is 0. The van der Waals surface area contributed by atoms with Crippen LogP contribution in [-0.4, -0.2) is 40.2 Å². The molecule has 0 aromatic heterocycles. The molecule has 2 N–H and O–H groups in total. The third-order valence-corrected chi connectivity index (χ3v) is 3.38. The van der Waals surface area contributed by atoms with Crippen molar-refractivity contribution in [2.45, 2.75) is 54.4 Å². The molecule has 0 radical (unpaired) electrons. The number of aliphatic hydroxyl groups is 1. The van der Waals surface area contributed by atoms with Gasteiger partial charge in [-0.25, -0.2) is 0 Å². The van der Waals surface area contributed by atoms with E-state index in [-0.39, 0.29) is 50.2 Å². The van der Waals surface area contributed by atoms with E-state index in [1.165, 1.54) is 5.57 Å². The largest absolute Gasteiger partial charge is 1.00 e. The minimum absolute atomic E-state index is 0. The fourth-order valence-electron chi connectivity index (χ4n) is 1.68. The van der Waals surface area contributed by atoms with Crippen LogP contribution in [0, 0.1) is 11.8 Å². The van der Waals surface area contributed by atoms with Gasteiger partial charge in [0.05, 0.1) is 5.92 Å². The van der Waals surface area contributed by atoms with Gasteiger partial charge in [0.25, 0.3) is 0 Å². The van der Waals surface area contributed by atoms with Crippen LogP contribution in [0.25, 0.3) is 0 Å². The maximum atomic E-state index is 10.7. The molecule has 0 amide bonds. The Kier molecular flexibility index (Phi) is 23.6. The number of carboxylic acid groups (broad SMARTS) is 1. The molecule has 0 aliphatic rings. The average molecular weight is 360 g/mol. The molecule has 0 aliphatic heterocycles. The molecular weight excluding hydrogens is 322 g/mol. The Hall–Kier alpha value is -0.480. The molecular formula is C20H38AlLiO3. The summed E-state index contributed by atoms with van der Waals surface area (Å²) in [7, 11) is 0. The number of carboxylic acids is 1. The maximum absolute atomic E-state index is 10.7. The molecule has 3 nitrogen and oxygen atoms in total. The monoisotopic (exact) mass is 360 g/mol. The first kappa shape index (κ1) is 32.2. The van der Waals surface area contributed by atoms with Crippen LogP contribution in [0.3, 0.4) is 0 Å². The van der Waals surface area contributed by atoms with Crippen LogP contribution in [0.4, 0.5) is 0 Å². The summed E-state index contributed by atoms with van der Waals surface area (Å²) in [4.78, 5) is 10.7. The molecule has 0 fully saturated rings. The van der Waals surface area contributed by atoms with Gasteiger partial charge in [-0.1, -0.05) is 47.6 Å². The fraction of sp³-hybridized carbons (Fsp3) is 0.550.